The lowest BCUT2D eigenvalue weighted by Crippen LogP contribution is -2.22. The Morgan fingerprint density at radius 2 is 1.65 bits per heavy atom. The van der Waals surface area contributed by atoms with Crippen molar-refractivity contribution < 1.29 is 4.42 Å². The fraction of sp³-hybridized carbons (Fsp3) is 0.500. The first kappa shape index (κ1) is 14.7. The number of nitrogens with one attached hydrogen (secondary N) is 1. The maximum Gasteiger partial charge on any atom is 0.237 e. The Morgan fingerprint density at radius 3 is 2.25 bits per heavy atom. The monoisotopic (exact) mass is 273 g/mol. The number of benzene rings is 1. The van der Waals surface area contributed by atoms with Gasteiger partial charge in [-0.1, -0.05) is 51.1 Å². The summed E-state index contributed by atoms with van der Waals surface area (Å²) in [5.74, 6) is 1.76. The lowest BCUT2D eigenvalue weighted by Gasteiger charge is -2.14. The smallest absolute Gasteiger partial charge is 0.237 e. The van der Waals surface area contributed by atoms with Crippen molar-refractivity contribution in [3.05, 3.63) is 47.7 Å². The van der Waals surface area contributed by atoms with E-state index >= 15 is 0 Å². The molecule has 0 aliphatic heterocycles. The van der Waals surface area contributed by atoms with Crippen molar-refractivity contribution in [2.45, 2.75) is 45.6 Å². The molecule has 0 radical (unpaired) electrons. The first-order valence-electron chi connectivity index (χ1n) is 7.41. The summed E-state index contributed by atoms with van der Waals surface area (Å²) in [6.45, 7) is 7.23. The molecule has 0 bridgehead atoms. The van der Waals surface area contributed by atoms with Crippen molar-refractivity contribution in [1.82, 2.24) is 15.5 Å². The van der Waals surface area contributed by atoms with E-state index in [1.807, 2.05) is 18.2 Å². The summed E-state index contributed by atoms with van der Waals surface area (Å²) in [4.78, 5) is 0. The van der Waals surface area contributed by atoms with Gasteiger partial charge in [0, 0.05) is 5.92 Å². The maximum atomic E-state index is 5.91. The van der Waals surface area contributed by atoms with Gasteiger partial charge in [0.1, 0.15) is 6.04 Å². The van der Waals surface area contributed by atoms with E-state index in [1.54, 1.807) is 0 Å². The maximum absolute atomic E-state index is 5.91. The van der Waals surface area contributed by atoms with Crippen LogP contribution in [0.4, 0.5) is 0 Å². The van der Waals surface area contributed by atoms with Crippen molar-refractivity contribution in [3.8, 4) is 0 Å². The van der Waals surface area contributed by atoms with Gasteiger partial charge in [-0.25, -0.2) is 0 Å². The van der Waals surface area contributed by atoms with E-state index in [4.69, 9.17) is 4.42 Å². The summed E-state index contributed by atoms with van der Waals surface area (Å²) in [6.07, 6.45) is 2.05. The molecule has 1 atom stereocenters. The predicted octanol–water partition coefficient (Wildman–Crippen LogP) is 3.67. The van der Waals surface area contributed by atoms with Crippen molar-refractivity contribution in [2.75, 3.05) is 6.54 Å². The Hall–Kier alpha value is -1.68. The molecule has 1 aromatic heterocycles. The van der Waals surface area contributed by atoms with E-state index in [-0.39, 0.29) is 6.04 Å². The van der Waals surface area contributed by atoms with Gasteiger partial charge < -0.3 is 9.73 Å². The molecule has 0 saturated heterocycles. The molecule has 1 unspecified atom stereocenters. The van der Waals surface area contributed by atoms with Gasteiger partial charge in [-0.3, -0.25) is 0 Å². The highest BCUT2D eigenvalue weighted by Crippen LogP contribution is 2.26. The van der Waals surface area contributed by atoms with Gasteiger partial charge in [-0.2, -0.15) is 0 Å². The van der Waals surface area contributed by atoms with Crippen molar-refractivity contribution in [3.63, 3.8) is 0 Å². The molecule has 1 N–H and O–H groups in total. The molecule has 4 heteroatoms. The summed E-state index contributed by atoms with van der Waals surface area (Å²) >= 11 is 0. The second-order valence-corrected chi connectivity index (χ2v) is 4.89. The molecule has 0 aliphatic rings. The van der Waals surface area contributed by atoms with Crippen molar-refractivity contribution >= 4 is 0 Å². The van der Waals surface area contributed by atoms with Crippen LogP contribution in [0.3, 0.4) is 0 Å². The van der Waals surface area contributed by atoms with Gasteiger partial charge in [-0.15, -0.1) is 10.2 Å². The number of nitrogens with zero attached hydrogens (tertiary/aromatic N) is 2. The van der Waals surface area contributed by atoms with Crippen molar-refractivity contribution in [1.29, 1.82) is 0 Å². The predicted molar refractivity (Wildman–Crippen MR) is 79.6 cm³/mol. The van der Waals surface area contributed by atoms with Gasteiger partial charge in [0.25, 0.3) is 0 Å². The average Bonchev–Trinajstić information content (AvgIpc) is 2.96. The summed E-state index contributed by atoms with van der Waals surface area (Å²) < 4.78 is 5.91. The minimum absolute atomic E-state index is 0.0307. The summed E-state index contributed by atoms with van der Waals surface area (Å²) in [7, 11) is 0. The topological polar surface area (TPSA) is 51.0 Å². The van der Waals surface area contributed by atoms with Crippen LogP contribution in [-0.2, 0) is 0 Å². The third-order valence-corrected chi connectivity index (χ3v) is 3.58. The molecule has 1 aromatic carbocycles. The summed E-state index contributed by atoms with van der Waals surface area (Å²) in [5, 5.41) is 11.9. The molecule has 0 amide bonds. The third kappa shape index (κ3) is 3.25. The lowest BCUT2D eigenvalue weighted by molar-refractivity contribution is 0.378. The van der Waals surface area contributed by atoms with Crippen LogP contribution in [0.15, 0.2) is 34.7 Å². The van der Waals surface area contributed by atoms with E-state index in [9.17, 15) is 0 Å². The van der Waals surface area contributed by atoms with Crippen LogP contribution in [0.5, 0.6) is 0 Å². The molecule has 108 valence electrons. The minimum Gasteiger partial charge on any atom is -0.423 e. The molecular weight excluding hydrogens is 250 g/mol. The molecule has 2 rings (SSSR count). The van der Waals surface area contributed by atoms with Crippen molar-refractivity contribution in [2.24, 2.45) is 0 Å². The number of hydrogen-bond acceptors (Lipinski definition) is 4. The minimum atomic E-state index is -0.0307. The second-order valence-electron chi connectivity index (χ2n) is 4.89. The average molecular weight is 273 g/mol. The Morgan fingerprint density at radius 1 is 1.00 bits per heavy atom. The lowest BCUT2D eigenvalue weighted by atomic mass is 10.0. The quantitative estimate of drug-likeness (QED) is 0.836. The fourth-order valence-corrected chi connectivity index (χ4v) is 2.36. The van der Waals surface area contributed by atoms with Gasteiger partial charge in [0.05, 0.1) is 0 Å². The normalized spacial score (nSPS) is 12.8. The van der Waals surface area contributed by atoms with Gasteiger partial charge in [0.2, 0.25) is 11.8 Å². The van der Waals surface area contributed by atoms with Gasteiger partial charge in [-0.05, 0) is 24.9 Å². The Bertz CT molecular complexity index is 505. The fourth-order valence-electron chi connectivity index (χ4n) is 2.36. The van der Waals surface area contributed by atoms with Crippen LogP contribution in [0.25, 0.3) is 0 Å². The number of hydrogen-bond donors (Lipinski definition) is 1. The van der Waals surface area contributed by atoms with E-state index in [0.717, 1.165) is 30.8 Å². The van der Waals surface area contributed by atoms with Gasteiger partial charge >= 0.3 is 0 Å². The van der Waals surface area contributed by atoms with Crippen LogP contribution in [0, 0.1) is 0 Å². The highest BCUT2D eigenvalue weighted by atomic mass is 16.4. The van der Waals surface area contributed by atoms with Gasteiger partial charge in [0.15, 0.2) is 0 Å². The molecule has 0 saturated carbocycles. The molecule has 0 spiro atoms. The zero-order chi connectivity index (χ0) is 14.4. The molecule has 1 heterocycles. The Kier molecular flexibility index (Phi) is 5.30. The largest absolute Gasteiger partial charge is 0.423 e. The zero-order valence-electron chi connectivity index (χ0n) is 12.5. The van der Waals surface area contributed by atoms with Crippen LogP contribution < -0.4 is 5.32 Å². The molecular formula is C16H23N3O. The SMILES string of the molecule is CCNC(c1ccccc1)c1nnc(C(CC)CC)o1. The molecule has 0 aliphatic carbocycles. The highest BCUT2D eigenvalue weighted by Gasteiger charge is 2.22. The van der Waals surface area contributed by atoms with Crippen LogP contribution in [0.1, 0.15) is 62.9 Å². The Balaban J connectivity index is 2.26. The molecule has 20 heavy (non-hydrogen) atoms. The second kappa shape index (κ2) is 7.20. The van der Waals surface area contributed by atoms with Crippen LogP contribution in [0.2, 0.25) is 0 Å². The Labute approximate surface area is 120 Å². The first-order chi connectivity index (χ1) is 9.80. The summed E-state index contributed by atoms with van der Waals surface area (Å²) in [6, 6.07) is 10.2. The standard InChI is InChI=1S/C16H23N3O/c1-4-12(5-2)15-18-19-16(20-15)14(17-6-3)13-10-8-7-9-11-13/h7-12,14,17H,4-6H2,1-3H3. The van der Waals surface area contributed by atoms with E-state index < -0.39 is 0 Å². The highest BCUT2D eigenvalue weighted by molar-refractivity contribution is 5.23. The van der Waals surface area contributed by atoms with Crippen LogP contribution in [-0.4, -0.2) is 16.7 Å². The number of rotatable bonds is 7. The summed E-state index contributed by atoms with van der Waals surface area (Å²) in [5.41, 5.74) is 1.15. The number of aromatic nitrogens is 2. The van der Waals surface area contributed by atoms with E-state index in [2.05, 4.69) is 48.4 Å². The molecule has 4 nitrogen and oxygen atoms in total. The van der Waals surface area contributed by atoms with Crippen LogP contribution >= 0.6 is 0 Å². The third-order valence-electron chi connectivity index (χ3n) is 3.58. The zero-order valence-corrected chi connectivity index (χ0v) is 12.5. The van der Waals surface area contributed by atoms with E-state index in [0.29, 0.717) is 11.8 Å². The van der Waals surface area contributed by atoms with E-state index in [1.165, 1.54) is 0 Å². The molecule has 0 fully saturated rings. The molecule has 2 aromatic rings. The first-order valence-corrected chi connectivity index (χ1v) is 7.41.